The number of halogens is 1. The Morgan fingerprint density at radius 2 is 1.61 bits per heavy atom. The van der Waals surface area contributed by atoms with Gasteiger partial charge in [-0.1, -0.05) is 78.9 Å². The summed E-state index contributed by atoms with van der Waals surface area (Å²) in [5.41, 5.74) is 2.67. The minimum Gasteiger partial charge on any atom is -0.496 e. The molecule has 41 heavy (non-hydrogen) atoms. The summed E-state index contributed by atoms with van der Waals surface area (Å²) in [6.45, 7) is 0. The normalized spacial score (nSPS) is 23.5. The third-order valence-corrected chi connectivity index (χ3v) is 9.21. The second-order valence-electron chi connectivity index (χ2n) is 10.5. The van der Waals surface area contributed by atoms with E-state index in [0.29, 0.717) is 27.0 Å². The van der Waals surface area contributed by atoms with Gasteiger partial charge in [0.1, 0.15) is 17.2 Å². The van der Waals surface area contributed by atoms with Crippen molar-refractivity contribution in [3.63, 3.8) is 0 Å². The number of ether oxygens (including phenoxy) is 1. The van der Waals surface area contributed by atoms with Gasteiger partial charge in [0.25, 0.3) is 0 Å². The maximum atomic E-state index is 14.8. The van der Waals surface area contributed by atoms with Crippen molar-refractivity contribution in [1.29, 1.82) is 0 Å². The minimum atomic E-state index is -1.34. The fourth-order valence-electron chi connectivity index (χ4n) is 6.89. The number of carbonyl (C=O) groups excluding carboxylic acids is 3. The number of rotatable bonds is 5. The fraction of sp³-hybridized carbons (Fsp3) is 0.147. The number of hydrogen-bond donors (Lipinski definition) is 1. The van der Waals surface area contributed by atoms with Crippen LogP contribution in [0.25, 0.3) is 6.08 Å². The molecule has 0 radical (unpaired) electrons. The van der Waals surface area contributed by atoms with Crippen molar-refractivity contribution in [1.82, 2.24) is 0 Å². The van der Waals surface area contributed by atoms with Crippen LogP contribution >= 0.6 is 15.9 Å². The maximum absolute atomic E-state index is 14.8. The van der Waals surface area contributed by atoms with Crippen LogP contribution < -0.4 is 15.0 Å². The summed E-state index contributed by atoms with van der Waals surface area (Å²) in [7, 11) is 1.56. The topological polar surface area (TPSA) is 75.7 Å². The summed E-state index contributed by atoms with van der Waals surface area (Å²) in [4.78, 5) is 45.8. The molecule has 1 saturated heterocycles. The third kappa shape index (κ3) is 3.58. The van der Waals surface area contributed by atoms with E-state index in [1.807, 2.05) is 71.6 Å². The molecule has 7 rings (SSSR count). The number of nitrogens with zero attached hydrogens (tertiary/aromatic N) is 1. The molecule has 0 saturated carbocycles. The van der Waals surface area contributed by atoms with Gasteiger partial charge < -0.3 is 15.0 Å². The number of fused-ring (bicyclic) bond motifs is 6. The largest absolute Gasteiger partial charge is 0.496 e. The first-order valence-corrected chi connectivity index (χ1v) is 14.2. The van der Waals surface area contributed by atoms with Crippen molar-refractivity contribution in [2.75, 3.05) is 17.3 Å². The minimum absolute atomic E-state index is 0.244. The van der Waals surface area contributed by atoms with Crippen molar-refractivity contribution in [2.45, 2.75) is 17.5 Å². The summed E-state index contributed by atoms with van der Waals surface area (Å²) < 4.78 is 6.03. The van der Waals surface area contributed by atoms with E-state index in [9.17, 15) is 14.4 Å². The quantitative estimate of drug-likeness (QED) is 0.270. The lowest BCUT2D eigenvalue weighted by Gasteiger charge is -2.37. The first-order valence-electron chi connectivity index (χ1n) is 13.4. The van der Waals surface area contributed by atoms with Crippen molar-refractivity contribution in [2.24, 2.45) is 5.92 Å². The van der Waals surface area contributed by atoms with Gasteiger partial charge in [-0.2, -0.15) is 0 Å². The molecular formula is C34H25BrN2O4. The Hall–Kier alpha value is -4.49. The molecule has 3 heterocycles. The molecule has 202 valence electrons. The number of ketones is 2. The molecule has 4 atom stereocenters. The molecule has 4 aromatic carbocycles. The summed E-state index contributed by atoms with van der Waals surface area (Å²) in [5, 5.41) is 3.06. The highest BCUT2D eigenvalue weighted by atomic mass is 79.9. The lowest BCUT2D eigenvalue weighted by molar-refractivity contribution is -0.121. The summed E-state index contributed by atoms with van der Waals surface area (Å²) in [6.07, 6.45) is 3.97. The molecule has 0 bridgehead atoms. The average Bonchev–Trinajstić information content (AvgIpc) is 3.49. The number of methoxy groups -OCH3 is 1. The zero-order chi connectivity index (χ0) is 28.3. The van der Waals surface area contributed by atoms with Gasteiger partial charge in [0.05, 0.1) is 23.5 Å². The van der Waals surface area contributed by atoms with E-state index in [4.69, 9.17) is 4.74 Å². The summed E-state index contributed by atoms with van der Waals surface area (Å²) in [6, 6.07) is 27.9. The summed E-state index contributed by atoms with van der Waals surface area (Å²) in [5.74, 6) is -1.19. The van der Waals surface area contributed by atoms with Crippen LogP contribution in [-0.4, -0.2) is 36.7 Å². The van der Waals surface area contributed by atoms with Crippen LogP contribution in [0.2, 0.25) is 0 Å². The molecule has 0 unspecified atom stereocenters. The Morgan fingerprint density at radius 1 is 0.878 bits per heavy atom. The number of carbonyl (C=O) groups is 3. The molecule has 0 aromatic heterocycles. The van der Waals surface area contributed by atoms with Crippen molar-refractivity contribution in [3.05, 3.63) is 130 Å². The molecular weight excluding hydrogens is 580 g/mol. The van der Waals surface area contributed by atoms with E-state index < -0.39 is 23.4 Å². The lowest BCUT2D eigenvalue weighted by Crippen LogP contribution is -2.51. The van der Waals surface area contributed by atoms with Crippen LogP contribution in [0.5, 0.6) is 5.75 Å². The van der Waals surface area contributed by atoms with Crippen LogP contribution in [0.15, 0.2) is 108 Å². The Balaban J connectivity index is 1.52. The Morgan fingerprint density at radius 3 is 2.39 bits per heavy atom. The predicted octanol–water partition coefficient (Wildman–Crippen LogP) is 6.31. The van der Waals surface area contributed by atoms with Gasteiger partial charge >= 0.3 is 0 Å². The highest BCUT2D eigenvalue weighted by molar-refractivity contribution is 9.10. The SMILES string of the molecule is COc1ccc(C(=O)[C@@H]2[C@@H](C(=O)c3ccccc3)[C@]3(C(=O)Nc4ccccc43)[C@H]3C=Cc4ccccc4N23)cc1Br. The van der Waals surface area contributed by atoms with E-state index in [-0.39, 0.29) is 17.5 Å². The monoisotopic (exact) mass is 604 g/mol. The molecule has 7 heteroatoms. The van der Waals surface area contributed by atoms with Gasteiger partial charge in [-0.05, 0) is 57.4 Å². The Kier molecular flexibility index (Phi) is 5.94. The molecule has 4 aromatic rings. The van der Waals surface area contributed by atoms with Gasteiger partial charge in [0.15, 0.2) is 11.6 Å². The van der Waals surface area contributed by atoms with E-state index in [0.717, 1.165) is 16.8 Å². The number of para-hydroxylation sites is 2. The molecule has 3 aliphatic rings. The molecule has 6 nitrogen and oxygen atoms in total. The Bertz CT molecular complexity index is 1770. The van der Waals surface area contributed by atoms with Gasteiger partial charge in [-0.3, -0.25) is 14.4 Å². The maximum Gasteiger partial charge on any atom is 0.238 e. The van der Waals surface area contributed by atoms with Crippen LogP contribution in [0.3, 0.4) is 0 Å². The van der Waals surface area contributed by atoms with Crippen LogP contribution in [0.4, 0.5) is 11.4 Å². The first-order chi connectivity index (χ1) is 20.0. The third-order valence-electron chi connectivity index (χ3n) is 8.59. The van der Waals surface area contributed by atoms with E-state index in [2.05, 4.69) is 21.2 Å². The van der Waals surface area contributed by atoms with Gasteiger partial charge in [-0.25, -0.2) is 0 Å². The number of anilines is 2. The van der Waals surface area contributed by atoms with Crippen molar-refractivity contribution < 1.29 is 19.1 Å². The second-order valence-corrected chi connectivity index (χ2v) is 11.4. The molecule has 1 N–H and O–H groups in total. The van der Waals surface area contributed by atoms with Crippen LogP contribution in [0, 0.1) is 5.92 Å². The van der Waals surface area contributed by atoms with Crippen LogP contribution in [0.1, 0.15) is 31.8 Å². The van der Waals surface area contributed by atoms with Gasteiger partial charge in [0, 0.05) is 22.5 Å². The molecule has 1 spiro atoms. The van der Waals surface area contributed by atoms with Crippen LogP contribution in [-0.2, 0) is 10.2 Å². The standard InChI is InChI=1S/C34H25BrN2O4/c1-41-27-17-15-22(19-24(27)35)32(39)30-29(31(38)21-10-3-2-4-11-21)34(23-12-6-7-13-25(23)36-33(34)40)28-18-16-20-9-5-8-14-26(20)37(28)30/h2-19,28-30H,1H3,(H,36,40)/t28-,29+,30+,34-/m1/s1. The molecule has 1 amide bonds. The number of amides is 1. The van der Waals surface area contributed by atoms with Crippen molar-refractivity contribution >= 4 is 50.9 Å². The van der Waals surface area contributed by atoms with Gasteiger partial charge in [-0.15, -0.1) is 0 Å². The molecule has 0 aliphatic carbocycles. The first kappa shape index (κ1) is 25.5. The summed E-state index contributed by atoms with van der Waals surface area (Å²) >= 11 is 3.52. The zero-order valence-electron chi connectivity index (χ0n) is 22.1. The van der Waals surface area contributed by atoms with E-state index in [1.165, 1.54) is 0 Å². The van der Waals surface area contributed by atoms with E-state index >= 15 is 0 Å². The lowest BCUT2D eigenvalue weighted by atomic mass is 9.64. The highest BCUT2D eigenvalue weighted by Gasteiger charge is 2.70. The zero-order valence-corrected chi connectivity index (χ0v) is 23.7. The number of hydrogen-bond acceptors (Lipinski definition) is 5. The second kappa shape index (κ2) is 9.56. The predicted molar refractivity (Wildman–Crippen MR) is 162 cm³/mol. The number of nitrogens with one attached hydrogen (secondary N) is 1. The highest BCUT2D eigenvalue weighted by Crippen LogP contribution is 2.58. The van der Waals surface area contributed by atoms with Gasteiger partial charge in [0.2, 0.25) is 5.91 Å². The number of benzene rings is 4. The molecule has 1 fully saturated rings. The Labute approximate surface area is 245 Å². The van der Waals surface area contributed by atoms with E-state index in [1.54, 1.807) is 49.6 Å². The van der Waals surface area contributed by atoms with Crippen molar-refractivity contribution in [3.8, 4) is 5.75 Å². The fourth-order valence-corrected chi connectivity index (χ4v) is 7.43. The average molecular weight is 605 g/mol. The smallest absolute Gasteiger partial charge is 0.238 e. The number of Topliss-reactive ketones (excluding diaryl/α,β-unsaturated/α-hetero) is 2. The molecule has 3 aliphatic heterocycles.